The van der Waals surface area contributed by atoms with Gasteiger partial charge in [0.1, 0.15) is 6.54 Å². The van der Waals surface area contributed by atoms with Crippen molar-refractivity contribution in [1.29, 1.82) is 0 Å². The van der Waals surface area contributed by atoms with Gasteiger partial charge in [0.15, 0.2) is 0 Å². The third-order valence-corrected chi connectivity index (χ3v) is 1.97. The van der Waals surface area contributed by atoms with Crippen LogP contribution in [0.15, 0.2) is 35.8 Å². The van der Waals surface area contributed by atoms with Gasteiger partial charge < -0.3 is 10.4 Å². The SMILES string of the molecule is O=C(O)CNC(=O)C1=CC2=CNON2C=C1. The fourth-order valence-corrected chi connectivity index (χ4v) is 1.24. The Kier molecular flexibility index (Phi) is 2.61. The van der Waals surface area contributed by atoms with E-state index in [0.29, 0.717) is 11.3 Å². The van der Waals surface area contributed by atoms with Crippen molar-refractivity contribution in [2.24, 2.45) is 0 Å². The van der Waals surface area contributed by atoms with Crippen LogP contribution in [0.25, 0.3) is 0 Å². The minimum absolute atomic E-state index is 0.371. The number of carbonyl (C=O) groups is 2. The minimum Gasteiger partial charge on any atom is -0.480 e. The van der Waals surface area contributed by atoms with Crippen molar-refractivity contribution in [3.8, 4) is 0 Å². The van der Waals surface area contributed by atoms with Crippen molar-refractivity contribution >= 4 is 11.9 Å². The molecule has 0 bridgehead atoms. The van der Waals surface area contributed by atoms with Gasteiger partial charge in [0, 0.05) is 11.8 Å². The maximum Gasteiger partial charge on any atom is 0.322 e. The van der Waals surface area contributed by atoms with E-state index in [9.17, 15) is 9.59 Å². The molecule has 0 saturated carbocycles. The van der Waals surface area contributed by atoms with Gasteiger partial charge in [-0.1, -0.05) is 0 Å². The molecule has 3 N–H and O–H groups in total. The summed E-state index contributed by atoms with van der Waals surface area (Å²) in [7, 11) is 0. The minimum atomic E-state index is -1.08. The normalized spacial score (nSPS) is 17.1. The molecular formula is C9H9N3O4. The monoisotopic (exact) mass is 223 g/mol. The topological polar surface area (TPSA) is 90.9 Å². The summed E-state index contributed by atoms with van der Waals surface area (Å²) in [6.07, 6.45) is 6.24. The summed E-state index contributed by atoms with van der Waals surface area (Å²) in [4.78, 5) is 26.7. The Balaban J connectivity index is 2.02. The number of aliphatic carboxylic acids is 1. The number of nitrogens with one attached hydrogen (secondary N) is 2. The first-order chi connectivity index (χ1) is 7.66. The van der Waals surface area contributed by atoms with E-state index in [-0.39, 0.29) is 0 Å². The molecule has 0 aromatic carbocycles. The van der Waals surface area contributed by atoms with Gasteiger partial charge in [-0.25, -0.2) is 10.5 Å². The number of rotatable bonds is 3. The highest BCUT2D eigenvalue weighted by Gasteiger charge is 2.19. The number of carbonyl (C=O) groups excluding carboxylic acids is 1. The molecule has 0 aromatic heterocycles. The molecule has 0 unspecified atom stereocenters. The van der Waals surface area contributed by atoms with Crippen LogP contribution in [-0.4, -0.2) is 28.6 Å². The van der Waals surface area contributed by atoms with Gasteiger partial charge in [0.05, 0.1) is 11.9 Å². The summed E-state index contributed by atoms with van der Waals surface area (Å²) >= 11 is 0. The summed E-state index contributed by atoms with van der Waals surface area (Å²) in [5.74, 6) is -1.52. The number of hydrogen-bond donors (Lipinski definition) is 3. The second-order valence-corrected chi connectivity index (χ2v) is 3.10. The third kappa shape index (κ3) is 2.04. The molecule has 2 rings (SSSR count). The number of carboxylic acids is 1. The second-order valence-electron chi connectivity index (χ2n) is 3.10. The Morgan fingerprint density at radius 3 is 3.12 bits per heavy atom. The molecule has 0 radical (unpaired) electrons. The molecule has 2 heterocycles. The predicted molar refractivity (Wildman–Crippen MR) is 52.0 cm³/mol. The molecule has 2 aliphatic heterocycles. The third-order valence-electron chi connectivity index (χ3n) is 1.97. The van der Waals surface area contributed by atoms with Gasteiger partial charge in [0.2, 0.25) is 0 Å². The van der Waals surface area contributed by atoms with Crippen LogP contribution in [0.2, 0.25) is 0 Å². The van der Waals surface area contributed by atoms with Crippen LogP contribution in [0.3, 0.4) is 0 Å². The van der Waals surface area contributed by atoms with E-state index in [4.69, 9.17) is 10.0 Å². The zero-order valence-electron chi connectivity index (χ0n) is 8.14. The molecule has 16 heavy (non-hydrogen) atoms. The molecule has 0 atom stereocenters. The molecule has 0 saturated heterocycles. The lowest BCUT2D eigenvalue weighted by Crippen LogP contribution is -2.31. The highest BCUT2D eigenvalue weighted by Crippen LogP contribution is 2.19. The van der Waals surface area contributed by atoms with Crippen LogP contribution in [0.1, 0.15) is 0 Å². The number of fused-ring (bicyclic) bond motifs is 1. The summed E-state index contributed by atoms with van der Waals surface area (Å²) in [5, 5.41) is 12.1. The Bertz CT molecular complexity index is 424. The van der Waals surface area contributed by atoms with Crippen LogP contribution in [-0.2, 0) is 14.5 Å². The summed E-state index contributed by atoms with van der Waals surface area (Å²) in [5.41, 5.74) is 3.56. The molecule has 2 aliphatic rings. The predicted octanol–water partition coefficient (Wildman–Crippen LogP) is -0.766. The molecular weight excluding hydrogens is 214 g/mol. The first kappa shape index (κ1) is 10.2. The zero-order valence-corrected chi connectivity index (χ0v) is 8.14. The fourth-order valence-electron chi connectivity index (χ4n) is 1.24. The van der Waals surface area contributed by atoms with E-state index in [0.717, 1.165) is 0 Å². The first-order valence-corrected chi connectivity index (χ1v) is 4.48. The number of hydroxylamine groups is 3. The van der Waals surface area contributed by atoms with E-state index in [1.165, 1.54) is 11.1 Å². The Labute approximate surface area is 90.6 Å². The number of carboxylic acid groups (broad SMARTS) is 1. The highest BCUT2D eigenvalue weighted by molar-refractivity contribution is 5.98. The number of amides is 1. The lowest BCUT2D eigenvalue weighted by atomic mass is 10.1. The van der Waals surface area contributed by atoms with Crippen molar-refractivity contribution in [2.45, 2.75) is 0 Å². The van der Waals surface area contributed by atoms with Crippen LogP contribution in [0.4, 0.5) is 0 Å². The molecule has 0 aromatic rings. The van der Waals surface area contributed by atoms with E-state index in [1.54, 1.807) is 18.5 Å². The summed E-state index contributed by atoms with van der Waals surface area (Å²) in [6.45, 7) is -0.401. The molecule has 7 heteroatoms. The number of nitrogens with zero attached hydrogens (tertiary/aromatic N) is 1. The maximum atomic E-state index is 11.5. The lowest BCUT2D eigenvalue weighted by molar-refractivity contribution is -0.137. The molecule has 84 valence electrons. The van der Waals surface area contributed by atoms with Gasteiger partial charge in [-0.2, -0.15) is 4.94 Å². The average Bonchev–Trinajstić information content (AvgIpc) is 2.72. The Morgan fingerprint density at radius 2 is 2.38 bits per heavy atom. The van der Waals surface area contributed by atoms with Crippen LogP contribution < -0.4 is 10.8 Å². The Hall–Kier alpha value is -2.28. The van der Waals surface area contributed by atoms with Crippen LogP contribution >= 0.6 is 0 Å². The standard InChI is InChI=1S/C9H9N3O4/c13-8(14)5-10-9(15)6-1-2-12-7(3-6)4-11-16-12/h1-4,11H,5H2,(H,10,15)(H,13,14). The molecule has 7 nitrogen and oxygen atoms in total. The fraction of sp³-hybridized carbons (Fsp3) is 0.111. The quantitative estimate of drug-likeness (QED) is 0.582. The smallest absolute Gasteiger partial charge is 0.322 e. The van der Waals surface area contributed by atoms with Crippen LogP contribution in [0.5, 0.6) is 0 Å². The van der Waals surface area contributed by atoms with Crippen molar-refractivity contribution in [1.82, 2.24) is 15.9 Å². The van der Waals surface area contributed by atoms with Crippen molar-refractivity contribution in [3.63, 3.8) is 0 Å². The summed E-state index contributed by atoms with van der Waals surface area (Å²) < 4.78 is 0. The highest BCUT2D eigenvalue weighted by atomic mass is 16.8. The van der Waals surface area contributed by atoms with Gasteiger partial charge in [-0.3, -0.25) is 9.59 Å². The maximum absolute atomic E-state index is 11.5. The van der Waals surface area contributed by atoms with E-state index in [1.807, 2.05) is 0 Å². The first-order valence-electron chi connectivity index (χ1n) is 4.48. The van der Waals surface area contributed by atoms with E-state index < -0.39 is 18.4 Å². The largest absolute Gasteiger partial charge is 0.480 e. The molecule has 0 fully saturated rings. The van der Waals surface area contributed by atoms with Gasteiger partial charge >= 0.3 is 5.97 Å². The van der Waals surface area contributed by atoms with Gasteiger partial charge in [-0.05, 0) is 12.2 Å². The molecule has 0 spiro atoms. The lowest BCUT2D eigenvalue weighted by Gasteiger charge is -2.16. The molecule has 0 aliphatic carbocycles. The van der Waals surface area contributed by atoms with Gasteiger partial charge in [-0.15, -0.1) is 0 Å². The number of allylic oxidation sites excluding steroid dienone is 1. The molecule has 1 amide bonds. The van der Waals surface area contributed by atoms with Crippen molar-refractivity contribution in [3.05, 3.63) is 35.8 Å². The van der Waals surface area contributed by atoms with Crippen molar-refractivity contribution < 1.29 is 19.6 Å². The summed E-state index contributed by atoms with van der Waals surface area (Å²) in [6, 6.07) is 0. The Morgan fingerprint density at radius 1 is 1.56 bits per heavy atom. The van der Waals surface area contributed by atoms with E-state index >= 15 is 0 Å². The number of hydrogen-bond acceptors (Lipinski definition) is 5. The van der Waals surface area contributed by atoms with Crippen LogP contribution in [0, 0.1) is 0 Å². The van der Waals surface area contributed by atoms with Gasteiger partial charge in [0.25, 0.3) is 5.91 Å². The second kappa shape index (κ2) is 4.07. The zero-order chi connectivity index (χ0) is 11.5. The van der Waals surface area contributed by atoms with E-state index in [2.05, 4.69) is 10.8 Å². The van der Waals surface area contributed by atoms with Crippen molar-refractivity contribution in [2.75, 3.05) is 6.54 Å². The average molecular weight is 223 g/mol.